The Hall–Kier alpha value is -3.70. The number of hydrogen-bond acceptors (Lipinski definition) is 3. The summed E-state index contributed by atoms with van der Waals surface area (Å²) in [5.74, 6) is -1.11. The molecule has 0 saturated heterocycles. The van der Waals surface area contributed by atoms with Crippen molar-refractivity contribution in [3.05, 3.63) is 113 Å². The maximum Gasteiger partial charge on any atom is 0.335 e. The molecule has 2 N–H and O–H groups in total. The fraction of sp³-hybridized carbons (Fsp3) is 0.207. The largest absolute Gasteiger partial charge is 0.489 e. The Bertz CT molecular complexity index is 1350. The first kappa shape index (κ1) is 22.1. The number of benzene rings is 4. The molecule has 34 heavy (non-hydrogen) atoms. The summed E-state index contributed by atoms with van der Waals surface area (Å²) < 4.78 is 21.3. The van der Waals surface area contributed by atoms with Gasteiger partial charge in [-0.1, -0.05) is 66.7 Å². The molecule has 0 aliphatic carbocycles. The zero-order valence-electron chi connectivity index (χ0n) is 18.9. The third-order valence-electron chi connectivity index (χ3n) is 6.65. The molecule has 172 valence electrons. The summed E-state index contributed by atoms with van der Waals surface area (Å²) in [5, 5.41) is 15.2. The van der Waals surface area contributed by atoms with Crippen molar-refractivity contribution in [2.45, 2.75) is 31.4 Å². The van der Waals surface area contributed by atoms with Gasteiger partial charge in [-0.05, 0) is 53.4 Å². The molecular formula is C29H26FNO3. The molecule has 0 fully saturated rings. The topological polar surface area (TPSA) is 58.6 Å². The van der Waals surface area contributed by atoms with Gasteiger partial charge in [0.05, 0.1) is 5.56 Å². The van der Waals surface area contributed by atoms with Gasteiger partial charge in [-0.15, -0.1) is 0 Å². The maximum atomic E-state index is 15.0. The van der Waals surface area contributed by atoms with E-state index in [1.165, 1.54) is 22.4 Å². The number of aromatic carboxylic acids is 1. The van der Waals surface area contributed by atoms with Crippen LogP contribution in [0, 0.1) is 5.82 Å². The lowest BCUT2D eigenvalue weighted by Crippen LogP contribution is -2.37. The van der Waals surface area contributed by atoms with Crippen molar-refractivity contribution in [2.24, 2.45) is 0 Å². The summed E-state index contributed by atoms with van der Waals surface area (Å²) >= 11 is 0. The minimum absolute atomic E-state index is 0.0521. The first-order chi connectivity index (χ1) is 16.5. The molecular weight excluding hydrogens is 429 g/mol. The van der Waals surface area contributed by atoms with Gasteiger partial charge in [0.2, 0.25) is 0 Å². The van der Waals surface area contributed by atoms with Crippen molar-refractivity contribution in [1.82, 2.24) is 5.32 Å². The van der Waals surface area contributed by atoms with Gasteiger partial charge in [-0.2, -0.15) is 0 Å². The van der Waals surface area contributed by atoms with Gasteiger partial charge in [0, 0.05) is 24.1 Å². The average molecular weight is 456 g/mol. The highest BCUT2D eigenvalue weighted by atomic mass is 19.1. The second-order valence-electron chi connectivity index (χ2n) is 8.81. The van der Waals surface area contributed by atoms with Gasteiger partial charge >= 0.3 is 5.97 Å². The molecule has 0 unspecified atom stereocenters. The van der Waals surface area contributed by atoms with E-state index in [0.717, 1.165) is 17.4 Å². The third-order valence-corrected chi connectivity index (χ3v) is 6.65. The summed E-state index contributed by atoms with van der Waals surface area (Å²) in [5.41, 5.74) is 2.58. The Morgan fingerprint density at radius 2 is 1.79 bits per heavy atom. The van der Waals surface area contributed by atoms with Crippen molar-refractivity contribution in [1.29, 1.82) is 0 Å². The number of para-hydroxylation sites is 1. The Balaban J connectivity index is 1.38. The third kappa shape index (κ3) is 4.27. The molecule has 1 aliphatic rings. The molecule has 4 aromatic rings. The lowest BCUT2D eigenvalue weighted by molar-refractivity contribution is 0.0696. The van der Waals surface area contributed by atoms with E-state index < -0.39 is 11.8 Å². The average Bonchev–Trinajstić information content (AvgIpc) is 2.86. The van der Waals surface area contributed by atoms with Crippen LogP contribution in [0.1, 0.15) is 52.4 Å². The van der Waals surface area contributed by atoms with E-state index >= 15 is 0 Å². The molecule has 1 aliphatic heterocycles. The molecule has 4 nitrogen and oxygen atoms in total. The van der Waals surface area contributed by atoms with Crippen molar-refractivity contribution in [3.8, 4) is 5.75 Å². The highest BCUT2D eigenvalue weighted by Gasteiger charge is 2.31. The van der Waals surface area contributed by atoms with E-state index in [-0.39, 0.29) is 23.6 Å². The van der Waals surface area contributed by atoms with Crippen LogP contribution >= 0.6 is 0 Å². The lowest BCUT2D eigenvalue weighted by Gasteiger charge is -2.33. The zero-order chi connectivity index (χ0) is 23.7. The second kappa shape index (κ2) is 9.27. The standard InChI is InChI=1S/C29H26FNO3/c1-18(22-11-6-8-19-7-2-3-9-23(19)22)31-17-21-16-26(25-10-4-5-12-28(25)34-21)24-14-13-20(29(32)33)15-27(24)30/h2-15,18,21,26,31H,16-17H2,1H3,(H,32,33)/t18-,21-,26+/m1/s1. The van der Waals surface area contributed by atoms with Crippen LogP contribution in [-0.4, -0.2) is 23.7 Å². The van der Waals surface area contributed by atoms with Crippen LogP contribution in [-0.2, 0) is 0 Å². The number of nitrogens with one attached hydrogen (secondary N) is 1. The second-order valence-corrected chi connectivity index (χ2v) is 8.81. The quantitative estimate of drug-likeness (QED) is 0.358. The SMILES string of the molecule is C[C@@H](NC[C@H]1C[C@@H](c2ccc(C(=O)O)cc2F)c2ccccc2O1)c1cccc2ccccc12. The van der Waals surface area contributed by atoms with Gasteiger partial charge in [0.25, 0.3) is 0 Å². The molecule has 0 amide bonds. The van der Waals surface area contributed by atoms with E-state index in [9.17, 15) is 14.3 Å². The molecule has 5 heteroatoms. The summed E-state index contributed by atoms with van der Waals surface area (Å²) in [7, 11) is 0. The van der Waals surface area contributed by atoms with Crippen LogP contribution in [0.4, 0.5) is 4.39 Å². The predicted octanol–water partition coefficient (Wildman–Crippen LogP) is 6.31. The highest BCUT2D eigenvalue weighted by Crippen LogP contribution is 2.41. The molecule has 0 aromatic heterocycles. The minimum atomic E-state index is -1.14. The van der Waals surface area contributed by atoms with Crippen LogP contribution in [0.3, 0.4) is 0 Å². The Kier molecular flexibility index (Phi) is 6.03. The van der Waals surface area contributed by atoms with E-state index in [0.29, 0.717) is 18.5 Å². The summed E-state index contributed by atoms with van der Waals surface area (Å²) in [6, 6.07) is 26.6. The molecule has 5 rings (SSSR count). The molecule has 0 spiro atoms. The monoisotopic (exact) mass is 455 g/mol. The smallest absolute Gasteiger partial charge is 0.335 e. The van der Waals surface area contributed by atoms with Crippen LogP contribution in [0.25, 0.3) is 10.8 Å². The molecule has 1 heterocycles. The number of halogens is 1. The number of rotatable bonds is 6. The first-order valence-electron chi connectivity index (χ1n) is 11.5. The number of fused-ring (bicyclic) bond motifs is 2. The Morgan fingerprint density at radius 3 is 2.62 bits per heavy atom. The molecule has 4 aromatic carbocycles. The number of carbonyl (C=O) groups is 1. The van der Waals surface area contributed by atoms with Gasteiger partial charge in [-0.3, -0.25) is 0 Å². The van der Waals surface area contributed by atoms with Gasteiger partial charge in [0.15, 0.2) is 0 Å². The molecule has 0 bridgehead atoms. The first-order valence-corrected chi connectivity index (χ1v) is 11.5. The van der Waals surface area contributed by atoms with Crippen LogP contribution in [0.2, 0.25) is 0 Å². The van der Waals surface area contributed by atoms with Crippen LogP contribution in [0.5, 0.6) is 5.75 Å². The lowest BCUT2D eigenvalue weighted by atomic mass is 9.83. The van der Waals surface area contributed by atoms with Crippen molar-refractivity contribution < 1.29 is 19.0 Å². The summed E-state index contributed by atoms with van der Waals surface area (Å²) in [6.45, 7) is 2.74. The number of carboxylic acid groups (broad SMARTS) is 1. The Morgan fingerprint density at radius 1 is 1.03 bits per heavy atom. The number of carboxylic acids is 1. The van der Waals surface area contributed by atoms with Crippen molar-refractivity contribution in [2.75, 3.05) is 6.54 Å². The number of hydrogen-bond donors (Lipinski definition) is 2. The summed E-state index contributed by atoms with van der Waals surface area (Å²) in [6.07, 6.45) is 0.436. The molecule has 0 radical (unpaired) electrons. The fourth-order valence-electron chi connectivity index (χ4n) is 4.90. The molecule has 3 atom stereocenters. The van der Waals surface area contributed by atoms with E-state index in [1.54, 1.807) is 6.07 Å². The van der Waals surface area contributed by atoms with Gasteiger partial charge in [-0.25, -0.2) is 9.18 Å². The normalized spacial score (nSPS) is 18.2. The predicted molar refractivity (Wildman–Crippen MR) is 131 cm³/mol. The highest BCUT2D eigenvalue weighted by molar-refractivity contribution is 5.87. The van der Waals surface area contributed by atoms with Crippen LogP contribution < -0.4 is 10.1 Å². The van der Waals surface area contributed by atoms with Crippen LogP contribution in [0.15, 0.2) is 84.9 Å². The maximum absolute atomic E-state index is 15.0. The Labute approximate surface area is 198 Å². The van der Waals surface area contributed by atoms with E-state index in [2.05, 4.69) is 48.6 Å². The number of ether oxygens (including phenoxy) is 1. The van der Waals surface area contributed by atoms with Gasteiger partial charge < -0.3 is 15.2 Å². The minimum Gasteiger partial charge on any atom is -0.489 e. The van der Waals surface area contributed by atoms with E-state index in [4.69, 9.17) is 4.74 Å². The van der Waals surface area contributed by atoms with Crippen molar-refractivity contribution in [3.63, 3.8) is 0 Å². The van der Waals surface area contributed by atoms with Crippen molar-refractivity contribution >= 4 is 16.7 Å². The van der Waals surface area contributed by atoms with Gasteiger partial charge in [0.1, 0.15) is 17.7 Å². The fourth-order valence-corrected chi connectivity index (χ4v) is 4.90. The zero-order valence-corrected chi connectivity index (χ0v) is 18.9. The molecule has 0 saturated carbocycles. The van der Waals surface area contributed by atoms with E-state index in [1.807, 2.05) is 30.3 Å². The summed E-state index contributed by atoms with van der Waals surface area (Å²) in [4.78, 5) is 11.2.